The second-order valence-corrected chi connectivity index (χ2v) is 8.50. The highest BCUT2D eigenvalue weighted by atomic mass is 35.5. The van der Waals surface area contributed by atoms with E-state index in [0.29, 0.717) is 43.7 Å². The van der Waals surface area contributed by atoms with Crippen molar-refractivity contribution in [3.8, 4) is 11.4 Å². The van der Waals surface area contributed by atoms with Crippen LogP contribution in [0.15, 0.2) is 54.6 Å². The number of halogens is 2. The lowest BCUT2D eigenvalue weighted by Gasteiger charge is -2.22. The minimum absolute atomic E-state index is 0.237. The number of H-pyrrole nitrogens is 1. The van der Waals surface area contributed by atoms with Crippen LogP contribution in [0.1, 0.15) is 40.4 Å². The van der Waals surface area contributed by atoms with Gasteiger partial charge in [0.25, 0.3) is 5.91 Å². The molecule has 1 aliphatic carbocycles. The first-order chi connectivity index (χ1) is 15.0. The summed E-state index contributed by atoms with van der Waals surface area (Å²) in [6.07, 6.45) is 2.20. The molecule has 3 aromatic carbocycles. The molecule has 0 bridgehead atoms. The quantitative estimate of drug-likeness (QED) is 0.349. The Bertz CT molecular complexity index is 1300. The van der Waals surface area contributed by atoms with E-state index >= 15 is 0 Å². The van der Waals surface area contributed by atoms with E-state index in [1.165, 1.54) is 0 Å². The van der Waals surface area contributed by atoms with Gasteiger partial charge in [-0.05, 0) is 72.9 Å². The largest absolute Gasteiger partial charge is 0.388 e. The van der Waals surface area contributed by atoms with Crippen molar-refractivity contribution in [2.24, 2.45) is 0 Å². The Morgan fingerprint density at radius 1 is 1.10 bits per heavy atom. The number of fused-ring (bicyclic) bond motifs is 2. The predicted molar refractivity (Wildman–Crippen MR) is 124 cm³/mol. The Hall–Kier alpha value is -2.86. The van der Waals surface area contributed by atoms with Crippen LogP contribution >= 0.6 is 23.2 Å². The van der Waals surface area contributed by atoms with E-state index in [0.717, 1.165) is 30.4 Å². The molecule has 0 fully saturated rings. The molecule has 1 aliphatic rings. The lowest BCUT2D eigenvalue weighted by Crippen LogP contribution is -2.14. The molecule has 1 amide bonds. The van der Waals surface area contributed by atoms with E-state index in [9.17, 15) is 9.90 Å². The van der Waals surface area contributed by atoms with Gasteiger partial charge in [-0.1, -0.05) is 35.3 Å². The van der Waals surface area contributed by atoms with Gasteiger partial charge in [-0.25, -0.2) is 4.98 Å². The highest BCUT2D eigenvalue weighted by Gasteiger charge is 2.19. The number of hydrogen-bond acceptors (Lipinski definition) is 3. The zero-order valence-electron chi connectivity index (χ0n) is 16.5. The number of imidazole rings is 1. The number of aromatic amines is 1. The average molecular weight is 452 g/mol. The molecule has 7 heteroatoms. The van der Waals surface area contributed by atoms with Gasteiger partial charge in [-0.2, -0.15) is 0 Å². The third kappa shape index (κ3) is 3.81. The second-order valence-electron chi connectivity index (χ2n) is 7.69. The number of nitrogens with one attached hydrogen (secondary N) is 2. The van der Waals surface area contributed by atoms with Crippen molar-refractivity contribution in [2.45, 2.75) is 25.4 Å². The molecular weight excluding hydrogens is 433 g/mol. The SMILES string of the molecule is O=C(Nc1ccc2c(c1)C(O)CCC2)c1ccc2nc(-c3c(Cl)cccc3Cl)[nH]c2c1. The monoisotopic (exact) mass is 451 g/mol. The minimum Gasteiger partial charge on any atom is -0.388 e. The lowest BCUT2D eigenvalue weighted by molar-refractivity contribution is 0.102. The van der Waals surface area contributed by atoms with Crippen LogP contribution in [0, 0.1) is 0 Å². The van der Waals surface area contributed by atoms with Gasteiger partial charge >= 0.3 is 0 Å². The molecule has 0 aliphatic heterocycles. The van der Waals surface area contributed by atoms with Crippen molar-refractivity contribution in [1.29, 1.82) is 0 Å². The van der Waals surface area contributed by atoms with E-state index in [4.69, 9.17) is 23.2 Å². The Labute approximate surface area is 189 Å². The van der Waals surface area contributed by atoms with Gasteiger partial charge in [0.2, 0.25) is 0 Å². The maximum Gasteiger partial charge on any atom is 0.255 e. The van der Waals surface area contributed by atoms with Gasteiger partial charge < -0.3 is 15.4 Å². The number of hydrogen-bond donors (Lipinski definition) is 3. The van der Waals surface area contributed by atoms with Crippen LogP contribution < -0.4 is 5.32 Å². The fraction of sp³-hybridized carbons (Fsp3) is 0.167. The molecule has 5 nitrogen and oxygen atoms in total. The molecule has 1 unspecified atom stereocenters. The van der Waals surface area contributed by atoms with Gasteiger partial charge in [0.15, 0.2) is 0 Å². The molecular formula is C24H19Cl2N3O2. The number of nitrogens with zero attached hydrogens (tertiary/aromatic N) is 1. The van der Waals surface area contributed by atoms with Crippen LogP contribution in [0.5, 0.6) is 0 Å². The summed E-state index contributed by atoms with van der Waals surface area (Å²) in [6, 6.07) is 16.3. The first-order valence-corrected chi connectivity index (χ1v) is 10.8. The standard InChI is InChI=1S/C24H19Cl2N3O2/c25-17-4-2-5-18(26)22(17)23-28-19-10-8-14(11-20(19)29-23)24(31)27-15-9-7-13-3-1-6-21(30)16(13)12-15/h2,4-5,7-12,21,30H,1,3,6H2,(H,27,31)(H,28,29). The van der Waals surface area contributed by atoms with Crippen molar-refractivity contribution >= 4 is 45.8 Å². The fourth-order valence-corrected chi connectivity index (χ4v) is 4.62. The number of amides is 1. The molecule has 1 aromatic heterocycles. The molecule has 1 atom stereocenters. The third-order valence-electron chi connectivity index (χ3n) is 5.63. The first kappa shape index (κ1) is 20.1. The van der Waals surface area contributed by atoms with Crippen LogP contribution in [0.2, 0.25) is 10.0 Å². The molecule has 31 heavy (non-hydrogen) atoms. The normalized spacial score (nSPS) is 15.6. The van der Waals surface area contributed by atoms with Crippen molar-refractivity contribution in [1.82, 2.24) is 9.97 Å². The summed E-state index contributed by atoms with van der Waals surface area (Å²) < 4.78 is 0. The molecule has 0 radical (unpaired) electrons. The summed E-state index contributed by atoms with van der Waals surface area (Å²) in [5.74, 6) is 0.311. The van der Waals surface area contributed by atoms with Gasteiger partial charge in [-0.3, -0.25) is 4.79 Å². The highest BCUT2D eigenvalue weighted by Crippen LogP contribution is 2.34. The summed E-state index contributed by atoms with van der Waals surface area (Å²) in [5, 5.41) is 14.2. The zero-order chi connectivity index (χ0) is 21.5. The van der Waals surface area contributed by atoms with Crippen LogP contribution in [0.25, 0.3) is 22.4 Å². The van der Waals surface area contributed by atoms with Gasteiger partial charge in [-0.15, -0.1) is 0 Å². The number of anilines is 1. The molecule has 156 valence electrons. The Morgan fingerprint density at radius 2 is 1.90 bits per heavy atom. The maximum atomic E-state index is 12.8. The number of carbonyl (C=O) groups excluding carboxylic acids is 1. The number of aromatic nitrogens is 2. The van der Waals surface area contributed by atoms with Crippen LogP contribution in [-0.2, 0) is 6.42 Å². The van der Waals surface area contributed by atoms with Crippen molar-refractivity contribution in [3.63, 3.8) is 0 Å². The first-order valence-electron chi connectivity index (χ1n) is 10.1. The number of carbonyl (C=O) groups is 1. The van der Waals surface area contributed by atoms with Gasteiger partial charge in [0, 0.05) is 11.3 Å². The summed E-state index contributed by atoms with van der Waals surface area (Å²) in [7, 11) is 0. The molecule has 0 saturated carbocycles. The van der Waals surface area contributed by atoms with E-state index in [1.807, 2.05) is 18.2 Å². The van der Waals surface area contributed by atoms with E-state index in [-0.39, 0.29) is 5.91 Å². The van der Waals surface area contributed by atoms with Gasteiger partial charge in [0.05, 0.1) is 32.7 Å². The Morgan fingerprint density at radius 3 is 2.71 bits per heavy atom. The number of aliphatic hydroxyl groups excluding tert-OH is 1. The predicted octanol–water partition coefficient (Wildman–Crippen LogP) is 6.16. The third-order valence-corrected chi connectivity index (χ3v) is 6.26. The molecule has 4 aromatic rings. The van der Waals surface area contributed by atoms with Crippen molar-refractivity contribution < 1.29 is 9.90 Å². The fourth-order valence-electron chi connectivity index (χ4n) is 4.05. The lowest BCUT2D eigenvalue weighted by atomic mass is 9.89. The van der Waals surface area contributed by atoms with Gasteiger partial charge in [0.1, 0.15) is 5.82 Å². The summed E-state index contributed by atoms with van der Waals surface area (Å²) >= 11 is 12.6. The zero-order valence-corrected chi connectivity index (χ0v) is 18.0. The van der Waals surface area contributed by atoms with Crippen LogP contribution in [0.3, 0.4) is 0 Å². The summed E-state index contributed by atoms with van der Waals surface area (Å²) in [5.41, 5.74) is 5.24. The topological polar surface area (TPSA) is 78.0 Å². The summed E-state index contributed by atoms with van der Waals surface area (Å²) in [4.78, 5) is 20.6. The molecule has 1 heterocycles. The van der Waals surface area contributed by atoms with Crippen LogP contribution in [0.4, 0.5) is 5.69 Å². The Balaban J connectivity index is 1.43. The van der Waals surface area contributed by atoms with Crippen LogP contribution in [-0.4, -0.2) is 21.0 Å². The number of aryl methyl sites for hydroxylation is 1. The van der Waals surface area contributed by atoms with E-state index < -0.39 is 6.10 Å². The average Bonchev–Trinajstić information content (AvgIpc) is 3.17. The van der Waals surface area contributed by atoms with Crippen molar-refractivity contribution in [2.75, 3.05) is 5.32 Å². The highest BCUT2D eigenvalue weighted by molar-refractivity contribution is 6.39. The van der Waals surface area contributed by atoms with E-state index in [1.54, 1.807) is 36.4 Å². The number of rotatable bonds is 3. The maximum absolute atomic E-state index is 12.8. The summed E-state index contributed by atoms with van der Waals surface area (Å²) in [6.45, 7) is 0. The Kier molecular flexibility index (Phi) is 5.18. The minimum atomic E-state index is -0.475. The smallest absolute Gasteiger partial charge is 0.255 e. The molecule has 5 rings (SSSR count). The second kappa shape index (κ2) is 8.00. The number of aliphatic hydroxyl groups is 1. The molecule has 0 spiro atoms. The molecule has 0 saturated heterocycles. The van der Waals surface area contributed by atoms with Crippen molar-refractivity contribution in [3.05, 3.63) is 81.3 Å². The number of benzene rings is 3. The molecule has 3 N–H and O–H groups in total. The van der Waals surface area contributed by atoms with E-state index in [2.05, 4.69) is 15.3 Å².